The Morgan fingerprint density at radius 1 is 1.10 bits per heavy atom. The highest BCUT2D eigenvalue weighted by Crippen LogP contribution is 2.34. The minimum Gasteiger partial charge on any atom is -0.481 e. The quantitative estimate of drug-likeness (QED) is 0.393. The highest BCUT2D eigenvalue weighted by atomic mass is 79.9. The molecule has 2 aromatic carbocycles. The fraction of sp³-hybridized carbons (Fsp3) is 0.100. The minimum absolute atomic E-state index is 0.0723. The highest BCUT2D eigenvalue weighted by Gasteiger charge is 2.15. The van der Waals surface area contributed by atoms with Crippen LogP contribution < -0.4 is 15.4 Å². The Morgan fingerprint density at radius 2 is 1.86 bits per heavy atom. The third-order valence-corrected chi connectivity index (χ3v) is 4.46. The summed E-state index contributed by atoms with van der Waals surface area (Å²) in [5.41, 5.74) is 2.95. The van der Waals surface area contributed by atoms with E-state index < -0.39 is 4.92 Å². The number of hydrogen-bond donors (Lipinski definition) is 2. The predicted molar refractivity (Wildman–Crippen MR) is 115 cm³/mol. The molecule has 0 aliphatic rings. The molecule has 0 saturated heterocycles. The zero-order chi connectivity index (χ0) is 21.0. The number of hydrogen-bond acceptors (Lipinski definition) is 6. The average molecular weight is 457 g/mol. The highest BCUT2D eigenvalue weighted by molar-refractivity contribution is 9.10. The molecule has 0 aliphatic carbocycles. The maximum absolute atomic E-state index is 11.5. The molecule has 0 saturated carbocycles. The fourth-order valence-corrected chi connectivity index (χ4v) is 3.08. The first kappa shape index (κ1) is 20.3. The summed E-state index contributed by atoms with van der Waals surface area (Å²) in [5, 5.41) is 17.2. The first-order valence-electron chi connectivity index (χ1n) is 8.50. The van der Waals surface area contributed by atoms with Crippen molar-refractivity contribution in [3.05, 3.63) is 69.3 Å². The van der Waals surface area contributed by atoms with Crippen molar-refractivity contribution in [1.82, 2.24) is 4.98 Å². The number of amides is 1. The van der Waals surface area contributed by atoms with Gasteiger partial charge in [0.2, 0.25) is 11.8 Å². The van der Waals surface area contributed by atoms with E-state index in [2.05, 4.69) is 31.5 Å². The molecule has 1 heterocycles. The summed E-state index contributed by atoms with van der Waals surface area (Å²) in [7, 11) is 1.53. The van der Waals surface area contributed by atoms with Gasteiger partial charge in [0.05, 0.1) is 12.0 Å². The van der Waals surface area contributed by atoms with Crippen molar-refractivity contribution in [1.29, 1.82) is 0 Å². The lowest BCUT2D eigenvalue weighted by Gasteiger charge is -2.13. The second-order valence-electron chi connectivity index (χ2n) is 6.11. The van der Waals surface area contributed by atoms with Crippen molar-refractivity contribution >= 4 is 44.6 Å². The van der Waals surface area contributed by atoms with E-state index in [1.54, 1.807) is 36.5 Å². The third-order valence-electron chi connectivity index (χ3n) is 3.97. The Bertz CT molecular complexity index is 1070. The smallest absolute Gasteiger partial charge is 0.293 e. The molecule has 0 fully saturated rings. The molecule has 3 aromatic rings. The number of anilines is 3. The SMILES string of the molecule is COc1ccc(-c2cc(NC(C)=O)cc(Nc3ccc(Br)cc3[N+](=O)[O-])c2)cn1. The zero-order valence-electron chi connectivity index (χ0n) is 15.6. The molecule has 0 aliphatic heterocycles. The van der Waals surface area contributed by atoms with Gasteiger partial charge in [-0.25, -0.2) is 4.98 Å². The van der Waals surface area contributed by atoms with Crippen LogP contribution in [-0.2, 0) is 4.79 Å². The molecule has 2 N–H and O–H groups in total. The topological polar surface area (TPSA) is 106 Å². The van der Waals surface area contributed by atoms with E-state index in [-0.39, 0.29) is 11.6 Å². The Balaban J connectivity index is 2.04. The van der Waals surface area contributed by atoms with Crippen molar-refractivity contribution in [2.45, 2.75) is 6.92 Å². The number of methoxy groups -OCH3 is 1. The number of aromatic nitrogens is 1. The van der Waals surface area contributed by atoms with Gasteiger partial charge >= 0.3 is 0 Å². The number of nitro benzene ring substituents is 1. The number of benzene rings is 2. The molecule has 9 heteroatoms. The van der Waals surface area contributed by atoms with Gasteiger partial charge in [-0.1, -0.05) is 15.9 Å². The summed E-state index contributed by atoms with van der Waals surface area (Å²) >= 11 is 3.25. The lowest BCUT2D eigenvalue weighted by Crippen LogP contribution is -2.06. The van der Waals surface area contributed by atoms with Crippen LogP contribution in [0.5, 0.6) is 5.88 Å². The predicted octanol–water partition coefficient (Wildman–Crippen LogP) is 5.13. The number of carbonyl (C=O) groups is 1. The van der Waals surface area contributed by atoms with Crippen molar-refractivity contribution < 1.29 is 14.5 Å². The van der Waals surface area contributed by atoms with Crippen molar-refractivity contribution in [3.63, 3.8) is 0 Å². The van der Waals surface area contributed by atoms with Crippen LogP contribution in [0.2, 0.25) is 0 Å². The molecule has 0 bridgehead atoms. The number of nitrogens with one attached hydrogen (secondary N) is 2. The van der Waals surface area contributed by atoms with Gasteiger partial charge in [0, 0.05) is 46.7 Å². The van der Waals surface area contributed by atoms with Crippen LogP contribution in [0, 0.1) is 10.1 Å². The molecule has 148 valence electrons. The van der Waals surface area contributed by atoms with Gasteiger partial charge in [0.15, 0.2) is 0 Å². The van der Waals surface area contributed by atoms with E-state index in [1.807, 2.05) is 12.1 Å². The average Bonchev–Trinajstić information content (AvgIpc) is 2.68. The standard InChI is InChI=1S/C20H17BrN4O4/c1-12(26)23-16-7-14(13-3-6-20(29-2)22-11-13)8-17(10-16)24-18-5-4-15(21)9-19(18)25(27)28/h3-11,24H,1-2H3,(H,23,26). The summed E-state index contributed by atoms with van der Waals surface area (Å²) in [5.74, 6) is 0.256. The maximum atomic E-state index is 11.5. The van der Waals surface area contributed by atoms with Crippen LogP contribution in [-0.4, -0.2) is 22.9 Å². The largest absolute Gasteiger partial charge is 0.481 e. The number of nitrogens with zero attached hydrogens (tertiary/aromatic N) is 2. The van der Waals surface area contributed by atoms with Crippen LogP contribution in [0.25, 0.3) is 11.1 Å². The normalized spacial score (nSPS) is 10.3. The molecule has 0 atom stereocenters. The lowest BCUT2D eigenvalue weighted by atomic mass is 10.1. The van der Waals surface area contributed by atoms with Crippen LogP contribution >= 0.6 is 15.9 Å². The number of ether oxygens (including phenoxy) is 1. The number of pyridine rings is 1. The van der Waals surface area contributed by atoms with E-state index in [9.17, 15) is 14.9 Å². The molecule has 0 spiro atoms. The minimum atomic E-state index is -0.459. The van der Waals surface area contributed by atoms with Crippen LogP contribution in [0.1, 0.15) is 6.92 Å². The van der Waals surface area contributed by atoms with E-state index in [0.717, 1.165) is 11.1 Å². The van der Waals surface area contributed by atoms with Gasteiger partial charge in [-0.05, 0) is 42.0 Å². The van der Waals surface area contributed by atoms with Gasteiger partial charge in [-0.3, -0.25) is 14.9 Å². The van der Waals surface area contributed by atoms with E-state index in [0.29, 0.717) is 27.4 Å². The van der Waals surface area contributed by atoms with Crippen molar-refractivity contribution in [3.8, 4) is 17.0 Å². The molecule has 0 unspecified atom stereocenters. The molecule has 3 rings (SSSR count). The second-order valence-corrected chi connectivity index (χ2v) is 7.03. The summed E-state index contributed by atoms with van der Waals surface area (Å²) in [6, 6.07) is 13.6. The maximum Gasteiger partial charge on any atom is 0.293 e. The Morgan fingerprint density at radius 3 is 2.48 bits per heavy atom. The van der Waals surface area contributed by atoms with Gasteiger partial charge < -0.3 is 15.4 Å². The summed E-state index contributed by atoms with van der Waals surface area (Å²) in [4.78, 5) is 26.7. The van der Waals surface area contributed by atoms with Crippen molar-refractivity contribution in [2.24, 2.45) is 0 Å². The summed E-state index contributed by atoms with van der Waals surface area (Å²) in [6.07, 6.45) is 1.65. The van der Waals surface area contributed by atoms with Gasteiger partial charge in [-0.15, -0.1) is 0 Å². The summed E-state index contributed by atoms with van der Waals surface area (Å²) < 4.78 is 5.68. The van der Waals surface area contributed by atoms with E-state index in [4.69, 9.17) is 4.74 Å². The van der Waals surface area contributed by atoms with E-state index in [1.165, 1.54) is 20.1 Å². The number of carbonyl (C=O) groups excluding carboxylic acids is 1. The number of nitro groups is 1. The van der Waals surface area contributed by atoms with Crippen LogP contribution in [0.3, 0.4) is 0 Å². The fourth-order valence-electron chi connectivity index (χ4n) is 2.73. The molecular formula is C20H17BrN4O4. The monoisotopic (exact) mass is 456 g/mol. The first-order chi connectivity index (χ1) is 13.9. The molecular weight excluding hydrogens is 440 g/mol. The molecule has 29 heavy (non-hydrogen) atoms. The van der Waals surface area contributed by atoms with Gasteiger partial charge in [0.1, 0.15) is 5.69 Å². The second kappa shape index (κ2) is 8.70. The Hall–Kier alpha value is -3.46. The Kier molecular flexibility index (Phi) is 6.08. The molecule has 1 amide bonds. The summed E-state index contributed by atoms with van der Waals surface area (Å²) in [6.45, 7) is 1.41. The van der Waals surface area contributed by atoms with Gasteiger partial charge in [-0.2, -0.15) is 0 Å². The molecule has 8 nitrogen and oxygen atoms in total. The third kappa shape index (κ3) is 5.08. The zero-order valence-corrected chi connectivity index (χ0v) is 17.2. The van der Waals surface area contributed by atoms with Crippen molar-refractivity contribution in [2.75, 3.05) is 17.7 Å². The number of halogens is 1. The van der Waals surface area contributed by atoms with Crippen LogP contribution in [0.15, 0.2) is 59.2 Å². The first-order valence-corrected chi connectivity index (χ1v) is 9.29. The molecule has 0 radical (unpaired) electrons. The van der Waals surface area contributed by atoms with E-state index >= 15 is 0 Å². The Labute approximate surface area is 175 Å². The lowest BCUT2D eigenvalue weighted by molar-refractivity contribution is -0.384. The van der Waals surface area contributed by atoms with Gasteiger partial charge in [0.25, 0.3) is 5.69 Å². The number of rotatable bonds is 6. The van der Waals surface area contributed by atoms with Crippen LogP contribution in [0.4, 0.5) is 22.7 Å². The molecule has 1 aromatic heterocycles.